The first-order chi connectivity index (χ1) is 15.9. The molecular weight excluding hydrogens is 440 g/mol. The number of aryl methyl sites for hydroxylation is 2. The summed E-state index contributed by atoms with van der Waals surface area (Å²) in [5, 5.41) is 0.924. The molecule has 0 bridgehead atoms. The Morgan fingerprint density at radius 3 is 2.45 bits per heavy atom. The lowest BCUT2D eigenvalue weighted by atomic mass is 9.98. The minimum atomic E-state index is -0.657. The zero-order valence-corrected chi connectivity index (χ0v) is 19.5. The van der Waals surface area contributed by atoms with E-state index in [-0.39, 0.29) is 17.1 Å². The van der Waals surface area contributed by atoms with Crippen molar-refractivity contribution >= 4 is 33.3 Å². The van der Waals surface area contributed by atoms with Gasteiger partial charge in [0.05, 0.1) is 36.4 Å². The summed E-state index contributed by atoms with van der Waals surface area (Å²) in [5.41, 5.74) is 2.00. The molecule has 1 unspecified atom stereocenters. The monoisotopic (exact) mass is 462 g/mol. The summed E-state index contributed by atoms with van der Waals surface area (Å²) in [4.78, 5) is 34.5. The first-order valence-corrected chi connectivity index (χ1v) is 11.4. The summed E-state index contributed by atoms with van der Waals surface area (Å²) in [6.07, 6.45) is 0. The van der Waals surface area contributed by atoms with Crippen molar-refractivity contribution in [3.05, 3.63) is 80.1 Å². The normalized spacial score (nSPS) is 15.2. The van der Waals surface area contributed by atoms with E-state index in [2.05, 4.69) is 4.98 Å². The van der Waals surface area contributed by atoms with E-state index >= 15 is 0 Å². The number of nitrogens with zero attached hydrogens (tertiary/aromatic N) is 2. The summed E-state index contributed by atoms with van der Waals surface area (Å²) >= 11 is 1.42. The van der Waals surface area contributed by atoms with E-state index in [4.69, 9.17) is 13.9 Å². The van der Waals surface area contributed by atoms with E-state index in [1.54, 1.807) is 23.1 Å². The lowest BCUT2D eigenvalue weighted by Crippen LogP contribution is -2.29. The highest BCUT2D eigenvalue weighted by molar-refractivity contribution is 7.15. The van der Waals surface area contributed by atoms with Crippen molar-refractivity contribution in [1.82, 2.24) is 4.98 Å². The fourth-order valence-corrected chi connectivity index (χ4v) is 5.00. The average Bonchev–Trinajstić information content (AvgIpc) is 3.30. The van der Waals surface area contributed by atoms with Crippen molar-refractivity contribution < 1.29 is 18.7 Å². The lowest BCUT2D eigenvalue weighted by Gasteiger charge is -2.22. The van der Waals surface area contributed by atoms with Gasteiger partial charge in [-0.1, -0.05) is 12.1 Å². The molecule has 168 valence electrons. The second-order valence-corrected chi connectivity index (χ2v) is 8.94. The highest BCUT2D eigenvalue weighted by Crippen LogP contribution is 2.43. The van der Waals surface area contributed by atoms with Crippen LogP contribution in [0.15, 0.2) is 51.7 Å². The summed E-state index contributed by atoms with van der Waals surface area (Å²) in [6, 6.07) is 11.8. The van der Waals surface area contributed by atoms with Crippen LogP contribution in [0.3, 0.4) is 0 Å². The number of hydrogen-bond donors (Lipinski definition) is 0. The van der Waals surface area contributed by atoms with E-state index in [0.717, 1.165) is 21.9 Å². The number of hydrogen-bond acceptors (Lipinski definition) is 7. The van der Waals surface area contributed by atoms with Crippen molar-refractivity contribution in [2.45, 2.75) is 26.8 Å². The van der Waals surface area contributed by atoms with Crippen molar-refractivity contribution in [2.24, 2.45) is 0 Å². The van der Waals surface area contributed by atoms with Gasteiger partial charge in [0.2, 0.25) is 5.76 Å². The van der Waals surface area contributed by atoms with Gasteiger partial charge in [0, 0.05) is 10.9 Å². The Kier molecular flexibility index (Phi) is 5.17. The van der Waals surface area contributed by atoms with Crippen LogP contribution in [-0.4, -0.2) is 24.6 Å². The van der Waals surface area contributed by atoms with Gasteiger partial charge in [-0.3, -0.25) is 14.5 Å². The number of anilines is 1. The van der Waals surface area contributed by atoms with Crippen LogP contribution in [0.1, 0.15) is 45.2 Å². The topological polar surface area (TPSA) is 81.9 Å². The molecule has 2 aromatic carbocycles. The number of carbonyl (C=O) groups excluding carboxylic acids is 1. The maximum Gasteiger partial charge on any atom is 0.297 e. The average molecular weight is 463 g/mol. The molecular formula is C25H22N2O5S. The number of amides is 1. The number of carbonyl (C=O) groups is 1. The molecule has 0 aliphatic carbocycles. The lowest BCUT2D eigenvalue weighted by molar-refractivity contribution is 0.0971. The van der Waals surface area contributed by atoms with Crippen LogP contribution in [0.25, 0.3) is 11.0 Å². The third kappa shape index (κ3) is 3.38. The first kappa shape index (κ1) is 21.2. The minimum absolute atomic E-state index is 0.0325. The summed E-state index contributed by atoms with van der Waals surface area (Å²) in [6.45, 7) is 6.33. The van der Waals surface area contributed by atoms with E-state index in [9.17, 15) is 9.59 Å². The predicted octanol–water partition coefficient (Wildman–Crippen LogP) is 5.02. The number of ether oxygens (including phenoxy) is 2. The fraction of sp³-hybridized carbons (Fsp3) is 0.240. The molecule has 8 heteroatoms. The van der Waals surface area contributed by atoms with Gasteiger partial charge in [-0.2, -0.15) is 0 Å². The number of benzene rings is 2. The molecule has 3 heterocycles. The molecule has 0 fully saturated rings. The molecule has 0 saturated carbocycles. The van der Waals surface area contributed by atoms with Gasteiger partial charge in [0.1, 0.15) is 17.1 Å². The Morgan fingerprint density at radius 1 is 1.09 bits per heavy atom. The molecule has 0 radical (unpaired) electrons. The van der Waals surface area contributed by atoms with Gasteiger partial charge in [-0.25, -0.2) is 4.98 Å². The second-order valence-electron chi connectivity index (χ2n) is 7.75. The van der Waals surface area contributed by atoms with Crippen LogP contribution in [0, 0.1) is 13.8 Å². The number of fused-ring (bicyclic) bond motifs is 2. The van der Waals surface area contributed by atoms with Gasteiger partial charge in [-0.15, -0.1) is 11.3 Å². The highest BCUT2D eigenvalue weighted by atomic mass is 32.1. The quantitative estimate of drug-likeness (QED) is 0.414. The molecule has 0 spiro atoms. The number of methoxy groups -OCH3 is 1. The Balaban J connectivity index is 1.75. The van der Waals surface area contributed by atoms with Gasteiger partial charge in [0.15, 0.2) is 10.6 Å². The van der Waals surface area contributed by atoms with E-state index in [0.29, 0.717) is 34.0 Å². The third-order valence-electron chi connectivity index (χ3n) is 5.81. The van der Waals surface area contributed by atoms with E-state index in [1.807, 2.05) is 45.0 Å². The fourth-order valence-electron chi connectivity index (χ4n) is 4.06. The van der Waals surface area contributed by atoms with Crippen LogP contribution in [-0.2, 0) is 0 Å². The van der Waals surface area contributed by atoms with E-state index < -0.39 is 6.04 Å². The molecule has 0 N–H and O–H groups in total. The molecule has 5 rings (SSSR count). The smallest absolute Gasteiger partial charge is 0.297 e. The third-order valence-corrected chi connectivity index (χ3v) is 6.88. The Bertz CT molecular complexity index is 1420. The number of rotatable bonds is 5. The Morgan fingerprint density at radius 2 is 1.82 bits per heavy atom. The van der Waals surface area contributed by atoms with Crippen LogP contribution in [0.5, 0.6) is 11.5 Å². The summed E-state index contributed by atoms with van der Waals surface area (Å²) in [5.74, 6) is 0.905. The van der Waals surface area contributed by atoms with Crippen LogP contribution >= 0.6 is 11.3 Å². The van der Waals surface area contributed by atoms with Gasteiger partial charge in [0.25, 0.3) is 5.91 Å². The van der Waals surface area contributed by atoms with Crippen molar-refractivity contribution in [3.8, 4) is 11.5 Å². The second kappa shape index (κ2) is 8.04. The maximum atomic E-state index is 13.6. The molecule has 33 heavy (non-hydrogen) atoms. The van der Waals surface area contributed by atoms with Crippen LogP contribution in [0.4, 0.5) is 5.13 Å². The van der Waals surface area contributed by atoms with Crippen LogP contribution in [0.2, 0.25) is 0 Å². The predicted molar refractivity (Wildman–Crippen MR) is 127 cm³/mol. The van der Waals surface area contributed by atoms with Crippen molar-refractivity contribution in [1.29, 1.82) is 0 Å². The largest absolute Gasteiger partial charge is 0.497 e. The molecule has 1 aliphatic heterocycles. The molecule has 2 aromatic heterocycles. The first-order valence-electron chi connectivity index (χ1n) is 10.6. The van der Waals surface area contributed by atoms with Gasteiger partial charge < -0.3 is 13.9 Å². The number of aromatic nitrogens is 1. The maximum absolute atomic E-state index is 13.6. The molecule has 1 amide bonds. The Hall–Kier alpha value is -3.65. The highest BCUT2D eigenvalue weighted by Gasteiger charge is 2.45. The van der Waals surface area contributed by atoms with E-state index in [1.165, 1.54) is 18.4 Å². The molecule has 1 aliphatic rings. The van der Waals surface area contributed by atoms with Crippen molar-refractivity contribution in [2.75, 3.05) is 18.6 Å². The SMILES string of the molecule is CCOc1ccc(C2c3c(oc4cc(OC)ccc4c3=O)C(=O)N2c2nc(C)c(C)s2)cc1. The van der Waals surface area contributed by atoms with Crippen molar-refractivity contribution in [3.63, 3.8) is 0 Å². The molecule has 4 aromatic rings. The zero-order chi connectivity index (χ0) is 23.3. The Labute approximate surface area is 194 Å². The van der Waals surface area contributed by atoms with Gasteiger partial charge in [-0.05, 0) is 50.6 Å². The van der Waals surface area contributed by atoms with Gasteiger partial charge >= 0.3 is 0 Å². The number of thiazole rings is 1. The standard InChI is InChI=1S/C25H22N2O5S/c1-5-31-16-8-6-15(7-9-16)21-20-22(28)18-11-10-17(30-4)12-19(18)32-23(20)24(29)27(21)25-26-13(2)14(3)33-25/h6-12,21H,5H2,1-4H3. The van der Waals surface area contributed by atoms with Crippen LogP contribution < -0.4 is 19.8 Å². The minimum Gasteiger partial charge on any atom is -0.497 e. The molecule has 7 nitrogen and oxygen atoms in total. The summed E-state index contributed by atoms with van der Waals surface area (Å²) < 4.78 is 16.8. The summed E-state index contributed by atoms with van der Waals surface area (Å²) in [7, 11) is 1.54. The zero-order valence-electron chi connectivity index (χ0n) is 18.7. The molecule has 0 saturated heterocycles. The molecule has 1 atom stereocenters.